The fraction of sp³-hybridized carbons (Fsp3) is 0.500. The van der Waals surface area contributed by atoms with Crippen LogP contribution in [0.2, 0.25) is 10.0 Å². The highest BCUT2D eigenvalue weighted by Gasteiger charge is 2.77. The second kappa shape index (κ2) is 9.48. The maximum atomic E-state index is 15.9. The minimum Gasteiger partial charge on any atom is -0.369 e. The predicted octanol–water partition coefficient (Wildman–Crippen LogP) is 6.30. The molecule has 1 heterocycles. The zero-order valence-corrected chi connectivity index (χ0v) is 23.1. The number of hydrogen-bond donors (Lipinski definition) is 2. The Balaban J connectivity index is 1.52. The van der Waals surface area contributed by atoms with Gasteiger partial charge in [-0.3, -0.25) is 23.2 Å². The summed E-state index contributed by atoms with van der Waals surface area (Å²) in [6.07, 6.45) is 1.39. The third kappa shape index (κ3) is 3.71. The van der Waals surface area contributed by atoms with Crippen LogP contribution in [0.15, 0.2) is 36.4 Å². The van der Waals surface area contributed by atoms with E-state index in [1.165, 1.54) is 12.1 Å². The lowest BCUT2D eigenvalue weighted by Crippen LogP contribution is -2.61. The average Bonchev–Trinajstić information content (AvgIpc) is 3.33. The van der Waals surface area contributed by atoms with Gasteiger partial charge in [0.2, 0.25) is 11.8 Å². The molecule has 212 valence electrons. The molecule has 2 aromatic carbocycles. The van der Waals surface area contributed by atoms with E-state index in [1.807, 2.05) is 0 Å². The van der Waals surface area contributed by atoms with Crippen molar-refractivity contribution in [2.75, 3.05) is 18.7 Å². The van der Waals surface area contributed by atoms with Crippen LogP contribution in [0, 0.1) is 34.4 Å². The molecule has 2 spiro atoms. The minimum absolute atomic E-state index is 0.0398. The smallest absolute Gasteiger partial charge is 0.236 e. The van der Waals surface area contributed by atoms with Crippen molar-refractivity contribution in [1.29, 1.82) is 0 Å². The molecule has 0 radical (unpaired) electrons. The maximum Gasteiger partial charge on any atom is 0.236 e. The van der Waals surface area contributed by atoms with Crippen LogP contribution < -0.4 is 11.1 Å². The average molecular weight is 593 g/mol. The fourth-order valence-corrected chi connectivity index (χ4v) is 8.94. The van der Waals surface area contributed by atoms with E-state index in [1.54, 1.807) is 24.3 Å². The number of anilines is 1. The summed E-state index contributed by atoms with van der Waals surface area (Å²) in [6, 6.07) is 9.45. The quantitative estimate of drug-likeness (QED) is 0.395. The van der Waals surface area contributed by atoms with Crippen molar-refractivity contribution in [1.82, 2.24) is 0 Å². The highest BCUT2D eigenvalue weighted by molar-refractivity contribution is 6.31. The number of nitrogens with one attached hydrogen (secondary N) is 1. The molecule has 2 amide bonds. The topological polar surface area (TPSA) is 89.3 Å². The van der Waals surface area contributed by atoms with E-state index >= 15 is 4.39 Å². The molecule has 3 atom stereocenters. The van der Waals surface area contributed by atoms with Gasteiger partial charge >= 0.3 is 0 Å². The molecule has 0 unspecified atom stereocenters. The number of halogens is 5. The van der Waals surface area contributed by atoms with Gasteiger partial charge in [0.1, 0.15) is 11.6 Å². The molecular formula is C30H29Cl2F3N2O3. The van der Waals surface area contributed by atoms with Gasteiger partial charge in [0.05, 0.1) is 23.8 Å². The molecule has 40 heavy (non-hydrogen) atoms. The van der Waals surface area contributed by atoms with Gasteiger partial charge in [-0.2, -0.15) is 0 Å². The molecule has 3 saturated carbocycles. The van der Waals surface area contributed by atoms with Gasteiger partial charge < -0.3 is 11.1 Å². The van der Waals surface area contributed by atoms with Crippen LogP contribution in [0.1, 0.15) is 55.6 Å². The number of nitrogens with two attached hydrogens (primary N) is 1. The third-order valence-corrected chi connectivity index (χ3v) is 10.7. The lowest BCUT2D eigenvalue weighted by molar-refractivity contribution is -0.143. The summed E-state index contributed by atoms with van der Waals surface area (Å²) in [5.41, 5.74) is 2.80. The molecule has 0 aromatic heterocycles. The maximum absolute atomic E-state index is 15.9. The first kappa shape index (κ1) is 27.6. The molecule has 0 saturated heterocycles. The molecule has 0 bridgehead atoms. The largest absolute Gasteiger partial charge is 0.369 e. The summed E-state index contributed by atoms with van der Waals surface area (Å²) >= 11 is 12.5. The molecular weight excluding hydrogens is 564 g/mol. The lowest BCUT2D eigenvalue weighted by Gasteiger charge is -2.59. The molecule has 4 aliphatic rings. The summed E-state index contributed by atoms with van der Waals surface area (Å²) < 4.78 is 44.3. The molecule has 3 N–H and O–H groups in total. The van der Waals surface area contributed by atoms with E-state index in [0.717, 1.165) is 0 Å². The van der Waals surface area contributed by atoms with Gasteiger partial charge in [0.15, 0.2) is 0 Å². The zero-order valence-electron chi connectivity index (χ0n) is 21.6. The van der Waals surface area contributed by atoms with Crippen molar-refractivity contribution >= 4 is 46.5 Å². The van der Waals surface area contributed by atoms with Gasteiger partial charge in [0, 0.05) is 40.3 Å². The standard InChI is InChI=1S/C30H29Cl2F3N2O3/c31-17-4-5-20-22(9-17)37-27(40)30(20)24(18-2-1-3-21(32)25(18)35)19(10-29(30)11-28(12-29,13-33)14-34)23(38)8-15-6-16(7-15)26(36)39/h1-5,9,15-16,19,24H,6-8,10-14H2,(H2,36,39)(H,37,40)/t15?,16?,19-,24-,30+/m0/s1. The van der Waals surface area contributed by atoms with Gasteiger partial charge in [-0.25, -0.2) is 4.39 Å². The molecule has 2 aromatic rings. The number of benzene rings is 2. The Morgan fingerprint density at radius 2 is 1.77 bits per heavy atom. The van der Waals surface area contributed by atoms with Gasteiger partial charge in [-0.15, -0.1) is 0 Å². The van der Waals surface area contributed by atoms with Crippen LogP contribution in [0.5, 0.6) is 0 Å². The van der Waals surface area contributed by atoms with Crippen LogP contribution >= 0.6 is 23.2 Å². The second-order valence-electron chi connectivity index (χ2n) is 12.4. The predicted molar refractivity (Wildman–Crippen MR) is 145 cm³/mol. The lowest BCUT2D eigenvalue weighted by atomic mass is 9.43. The van der Waals surface area contributed by atoms with Crippen molar-refractivity contribution in [3.63, 3.8) is 0 Å². The Kier molecular flexibility index (Phi) is 6.54. The summed E-state index contributed by atoms with van der Waals surface area (Å²) in [5.74, 6) is -3.84. The zero-order chi connectivity index (χ0) is 28.6. The Morgan fingerprint density at radius 1 is 1.07 bits per heavy atom. The van der Waals surface area contributed by atoms with Crippen molar-refractivity contribution in [2.24, 2.45) is 34.3 Å². The number of ketones is 1. The molecule has 1 aliphatic heterocycles. The van der Waals surface area contributed by atoms with Crippen LogP contribution in [0.4, 0.5) is 18.9 Å². The van der Waals surface area contributed by atoms with Crippen molar-refractivity contribution in [3.8, 4) is 0 Å². The number of amides is 2. The van der Waals surface area contributed by atoms with E-state index in [2.05, 4.69) is 5.32 Å². The van der Waals surface area contributed by atoms with E-state index < -0.39 is 59.1 Å². The van der Waals surface area contributed by atoms with E-state index in [-0.39, 0.29) is 53.9 Å². The Hall–Kier alpha value is -2.58. The molecule has 10 heteroatoms. The van der Waals surface area contributed by atoms with Gasteiger partial charge in [0.25, 0.3) is 0 Å². The Labute approximate surface area is 240 Å². The minimum atomic E-state index is -1.47. The van der Waals surface area contributed by atoms with Crippen LogP contribution in [0.3, 0.4) is 0 Å². The number of carbonyl (C=O) groups excluding carboxylic acids is 3. The van der Waals surface area contributed by atoms with Crippen LogP contribution in [-0.2, 0) is 19.8 Å². The van der Waals surface area contributed by atoms with E-state index in [0.29, 0.717) is 29.1 Å². The van der Waals surface area contributed by atoms with Crippen LogP contribution in [0.25, 0.3) is 0 Å². The number of rotatable bonds is 7. The Morgan fingerprint density at radius 3 is 2.42 bits per heavy atom. The molecule has 3 aliphatic carbocycles. The number of Topliss-reactive ketones (excluding diaryl/α,β-unsaturated/α-hetero) is 1. The highest BCUT2D eigenvalue weighted by atomic mass is 35.5. The van der Waals surface area contributed by atoms with Crippen LogP contribution in [-0.4, -0.2) is 30.9 Å². The van der Waals surface area contributed by atoms with Crippen molar-refractivity contribution < 1.29 is 27.6 Å². The molecule has 3 fully saturated rings. The highest BCUT2D eigenvalue weighted by Crippen LogP contribution is 2.77. The summed E-state index contributed by atoms with van der Waals surface area (Å²) in [4.78, 5) is 39.9. The summed E-state index contributed by atoms with van der Waals surface area (Å²) in [6.45, 7) is -1.80. The number of hydrogen-bond acceptors (Lipinski definition) is 3. The fourth-order valence-electron chi connectivity index (χ4n) is 8.59. The monoisotopic (exact) mass is 592 g/mol. The number of primary amides is 1. The van der Waals surface area contributed by atoms with Crippen molar-refractivity contribution in [2.45, 2.75) is 49.9 Å². The van der Waals surface area contributed by atoms with Gasteiger partial charge in [-0.1, -0.05) is 41.4 Å². The second-order valence-corrected chi connectivity index (χ2v) is 13.2. The molecule has 6 rings (SSSR count). The number of alkyl halides is 2. The SMILES string of the molecule is NC(=O)C1CC(CC(=O)[C@@H]2CC3(CC(CF)(CF)C3)[C@@]3(C(=O)Nc4cc(Cl)ccc43)[C@H]2c2cccc(Cl)c2F)C1. The molecule has 5 nitrogen and oxygen atoms in total. The van der Waals surface area contributed by atoms with Crippen molar-refractivity contribution in [3.05, 3.63) is 63.4 Å². The van der Waals surface area contributed by atoms with E-state index in [4.69, 9.17) is 28.9 Å². The number of fused-ring (bicyclic) bond motifs is 3. The normalized spacial score (nSPS) is 31.0. The first-order valence-electron chi connectivity index (χ1n) is 13.5. The third-order valence-electron chi connectivity index (χ3n) is 10.2. The van der Waals surface area contributed by atoms with E-state index in [9.17, 15) is 23.2 Å². The number of carbonyl (C=O) groups is 3. The summed E-state index contributed by atoms with van der Waals surface area (Å²) in [7, 11) is 0. The van der Waals surface area contributed by atoms with Gasteiger partial charge in [-0.05, 0) is 72.8 Å². The first-order valence-corrected chi connectivity index (χ1v) is 14.3. The summed E-state index contributed by atoms with van der Waals surface area (Å²) in [5, 5.41) is 3.14. The first-order chi connectivity index (χ1) is 19.0. The Bertz CT molecular complexity index is 1420.